The molecular weight excluding hydrogens is 362 g/mol. The predicted octanol–water partition coefficient (Wildman–Crippen LogP) is 3.20. The molecule has 7 nitrogen and oxygen atoms in total. The van der Waals surface area contributed by atoms with Gasteiger partial charge in [0.1, 0.15) is 5.75 Å². The third kappa shape index (κ3) is 6.12. The van der Waals surface area contributed by atoms with Crippen LogP contribution in [0.25, 0.3) is 0 Å². The summed E-state index contributed by atoms with van der Waals surface area (Å²) in [7, 11) is 0. The second kappa shape index (κ2) is 10.7. The SMILES string of the molecule is CCOC(=O)c1ccccc1NC(=O)COC(=O)[C@H](CC)Oc1ccccc1. The first-order valence-corrected chi connectivity index (χ1v) is 8.99. The zero-order valence-corrected chi connectivity index (χ0v) is 15.8. The summed E-state index contributed by atoms with van der Waals surface area (Å²) in [6.45, 7) is 3.20. The van der Waals surface area contributed by atoms with E-state index in [4.69, 9.17) is 14.2 Å². The lowest BCUT2D eigenvalue weighted by Crippen LogP contribution is -2.31. The Morgan fingerprint density at radius 3 is 2.29 bits per heavy atom. The molecule has 0 radical (unpaired) electrons. The summed E-state index contributed by atoms with van der Waals surface area (Å²) in [5.41, 5.74) is 0.512. The van der Waals surface area contributed by atoms with E-state index in [1.807, 2.05) is 6.07 Å². The van der Waals surface area contributed by atoms with Crippen LogP contribution in [0, 0.1) is 0 Å². The Labute approximate surface area is 163 Å². The fraction of sp³-hybridized carbons (Fsp3) is 0.286. The molecule has 0 aromatic heterocycles. The molecule has 1 N–H and O–H groups in total. The van der Waals surface area contributed by atoms with Gasteiger partial charge in [-0.2, -0.15) is 0 Å². The molecule has 0 fully saturated rings. The van der Waals surface area contributed by atoms with Crippen LogP contribution in [0.5, 0.6) is 5.75 Å². The van der Waals surface area contributed by atoms with Gasteiger partial charge in [-0.3, -0.25) is 4.79 Å². The zero-order valence-electron chi connectivity index (χ0n) is 15.8. The van der Waals surface area contributed by atoms with Gasteiger partial charge in [-0.25, -0.2) is 9.59 Å². The van der Waals surface area contributed by atoms with E-state index >= 15 is 0 Å². The van der Waals surface area contributed by atoms with E-state index in [-0.39, 0.29) is 17.9 Å². The lowest BCUT2D eigenvalue weighted by molar-refractivity contribution is -0.154. The fourth-order valence-corrected chi connectivity index (χ4v) is 2.36. The van der Waals surface area contributed by atoms with Crippen LogP contribution in [-0.2, 0) is 19.1 Å². The Kier molecular flexibility index (Phi) is 8.02. The van der Waals surface area contributed by atoms with Crippen molar-refractivity contribution in [1.82, 2.24) is 0 Å². The Morgan fingerprint density at radius 2 is 1.61 bits per heavy atom. The molecule has 0 bridgehead atoms. The van der Waals surface area contributed by atoms with E-state index < -0.39 is 30.6 Å². The number of rotatable bonds is 9. The van der Waals surface area contributed by atoms with Gasteiger partial charge in [-0.1, -0.05) is 37.3 Å². The molecule has 0 saturated heterocycles. The van der Waals surface area contributed by atoms with Gasteiger partial charge in [0.2, 0.25) is 0 Å². The van der Waals surface area contributed by atoms with E-state index in [2.05, 4.69) is 5.32 Å². The van der Waals surface area contributed by atoms with Crippen molar-refractivity contribution in [3.8, 4) is 5.75 Å². The first kappa shape index (κ1) is 21.0. The predicted molar refractivity (Wildman–Crippen MR) is 103 cm³/mol. The average Bonchev–Trinajstić information content (AvgIpc) is 2.71. The van der Waals surface area contributed by atoms with E-state index in [9.17, 15) is 14.4 Å². The van der Waals surface area contributed by atoms with Gasteiger partial charge in [0.15, 0.2) is 12.7 Å². The molecule has 1 amide bonds. The number of ether oxygens (including phenoxy) is 3. The molecule has 7 heteroatoms. The van der Waals surface area contributed by atoms with Crippen LogP contribution in [0.1, 0.15) is 30.6 Å². The highest BCUT2D eigenvalue weighted by Gasteiger charge is 2.21. The summed E-state index contributed by atoms with van der Waals surface area (Å²) in [5.74, 6) is -1.21. The van der Waals surface area contributed by atoms with Crippen molar-refractivity contribution >= 4 is 23.5 Å². The second-order valence-corrected chi connectivity index (χ2v) is 5.75. The Hall–Kier alpha value is -3.35. The van der Waals surface area contributed by atoms with Crippen molar-refractivity contribution in [2.75, 3.05) is 18.5 Å². The smallest absolute Gasteiger partial charge is 0.347 e. The molecular formula is C21H23NO6. The summed E-state index contributed by atoms with van der Waals surface area (Å²) in [6.07, 6.45) is -0.428. The summed E-state index contributed by atoms with van der Waals surface area (Å²) in [6, 6.07) is 15.3. The van der Waals surface area contributed by atoms with E-state index in [0.29, 0.717) is 12.2 Å². The first-order valence-electron chi connectivity index (χ1n) is 8.99. The number of benzene rings is 2. The third-order valence-electron chi connectivity index (χ3n) is 3.70. The number of carbonyl (C=O) groups excluding carboxylic acids is 3. The van der Waals surface area contributed by atoms with Gasteiger partial charge >= 0.3 is 11.9 Å². The number of esters is 2. The summed E-state index contributed by atoms with van der Waals surface area (Å²) >= 11 is 0. The molecule has 2 rings (SSSR count). The van der Waals surface area contributed by atoms with Crippen molar-refractivity contribution in [3.05, 3.63) is 60.2 Å². The summed E-state index contributed by atoms with van der Waals surface area (Å²) in [5, 5.41) is 2.55. The largest absolute Gasteiger partial charge is 0.479 e. The van der Waals surface area contributed by atoms with Crippen LogP contribution in [0.15, 0.2) is 54.6 Å². The Bertz CT molecular complexity index is 806. The average molecular weight is 385 g/mol. The van der Waals surface area contributed by atoms with Crippen LogP contribution in [-0.4, -0.2) is 37.2 Å². The standard InChI is InChI=1S/C21H23NO6/c1-3-18(28-15-10-6-5-7-11-15)21(25)27-14-19(23)22-17-13-9-8-12-16(17)20(24)26-4-2/h5-13,18H,3-4,14H2,1-2H3,(H,22,23)/t18-/m0/s1. The van der Waals surface area contributed by atoms with Crippen LogP contribution in [0.3, 0.4) is 0 Å². The monoisotopic (exact) mass is 385 g/mol. The molecule has 0 aliphatic carbocycles. The molecule has 28 heavy (non-hydrogen) atoms. The van der Waals surface area contributed by atoms with Crippen LogP contribution >= 0.6 is 0 Å². The van der Waals surface area contributed by atoms with Crippen molar-refractivity contribution in [2.24, 2.45) is 0 Å². The van der Waals surface area contributed by atoms with Crippen LogP contribution < -0.4 is 10.1 Å². The number of nitrogens with one attached hydrogen (secondary N) is 1. The minimum absolute atomic E-state index is 0.221. The zero-order chi connectivity index (χ0) is 20.4. The number of hydrogen-bond donors (Lipinski definition) is 1. The quantitative estimate of drug-likeness (QED) is 0.667. The van der Waals surface area contributed by atoms with Crippen molar-refractivity contribution in [3.63, 3.8) is 0 Å². The number of amides is 1. The molecule has 2 aromatic carbocycles. The Balaban J connectivity index is 1.91. The maximum Gasteiger partial charge on any atom is 0.347 e. The maximum absolute atomic E-state index is 12.2. The lowest BCUT2D eigenvalue weighted by atomic mass is 10.2. The molecule has 1 atom stereocenters. The van der Waals surface area contributed by atoms with Gasteiger partial charge in [0.05, 0.1) is 17.9 Å². The highest BCUT2D eigenvalue weighted by atomic mass is 16.6. The molecule has 2 aromatic rings. The summed E-state index contributed by atoms with van der Waals surface area (Å²) in [4.78, 5) is 36.3. The third-order valence-corrected chi connectivity index (χ3v) is 3.70. The van der Waals surface area contributed by atoms with Crippen LogP contribution in [0.2, 0.25) is 0 Å². The van der Waals surface area contributed by atoms with Gasteiger partial charge in [0.25, 0.3) is 5.91 Å². The number of anilines is 1. The fourth-order valence-electron chi connectivity index (χ4n) is 2.36. The minimum atomic E-state index is -0.818. The lowest BCUT2D eigenvalue weighted by Gasteiger charge is -2.16. The van der Waals surface area contributed by atoms with Crippen LogP contribution in [0.4, 0.5) is 5.69 Å². The maximum atomic E-state index is 12.2. The van der Waals surface area contributed by atoms with E-state index in [1.54, 1.807) is 62.4 Å². The highest BCUT2D eigenvalue weighted by Crippen LogP contribution is 2.17. The van der Waals surface area contributed by atoms with Crippen molar-refractivity contribution in [2.45, 2.75) is 26.4 Å². The number of para-hydroxylation sites is 2. The Morgan fingerprint density at radius 1 is 0.929 bits per heavy atom. The number of carbonyl (C=O) groups is 3. The van der Waals surface area contributed by atoms with Gasteiger partial charge in [0, 0.05) is 0 Å². The first-order chi connectivity index (χ1) is 13.5. The second-order valence-electron chi connectivity index (χ2n) is 5.75. The molecule has 0 aliphatic rings. The topological polar surface area (TPSA) is 90.9 Å². The molecule has 0 spiro atoms. The molecule has 148 valence electrons. The number of hydrogen-bond acceptors (Lipinski definition) is 6. The molecule has 0 heterocycles. The minimum Gasteiger partial charge on any atom is -0.479 e. The summed E-state index contributed by atoms with van der Waals surface area (Å²) < 4.78 is 15.6. The van der Waals surface area contributed by atoms with Crippen molar-refractivity contribution in [1.29, 1.82) is 0 Å². The van der Waals surface area contributed by atoms with E-state index in [0.717, 1.165) is 0 Å². The highest BCUT2D eigenvalue weighted by molar-refractivity contribution is 6.01. The normalized spacial score (nSPS) is 11.2. The van der Waals surface area contributed by atoms with Gasteiger partial charge in [-0.05, 0) is 37.6 Å². The van der Waals surface area contributed by atoms with E-state index in [1.165, 1.54) is 0 Å². The molecule has 0 saturated carbocycles. The molecule has 0 aliphatic heterocycles. The molecule has 0 unspecified atom stereocenters. The van der Waals surface area contributed by atoms with Gasteiger partial charge in [-0.15, -0.1) is 0 Å². The van der Waals surface area contributed by atoms with Crippen molar-refractivity contribution < 1.29 is 28.6 Å². The van der Waals surface area contributed by atoms with Gasteiger partial charge < -0.3 is 19.5 Å².